The van der Waals surface area contributed by atoms with Gasteiger partial charge in [-0.15, -0.1) is 11.3 Å². The van der Waals surface area contributed by atoms with Gasteiger partial charge in [-0.25, -0.2) is 0 Å². The highest BCUT2D eigenvalue weighted by molar-refractivity contribution is 7.10. The molecule has 0 saturated heterocycles. The van der Waals surface area contributed by atoms with Gasteiger partial charge in [-0.05, 0) is 50.2 Å². The maximum atomic E-state index is 11.3. The van der Waals surface area contributed by atoms with E-state index in [1.807, 2.05) is 11.3 Å². The van der Waals surface area contributed by atoms with Gasteiger partial charge in [0.05, 0.1) is 11.6 Å². The fourth-order valence-electron chi connectivity index (χ4n) is 5.15. The summed E-state index contributed by atoms with van der Waals surface area (Å²) in [6, 6.07) is 4.46. The van der Waals surface area contributed by atoms with Crippen molar-refractivity contribution in [2.24, 2.45) is 0 Å². The van der Waals surface area contributed by atoms with E-state index in [1.165, 1.54) is 94.8 Å². The summed E-state index contributed by atoms with van der Waals surface area (Å²) in [6.07, 6.45) is 20.4. The van der Waals surface area contributed by atoms with Crippen molar-refractivity contribution in [3.05, 3.63) is 22.4 Å². The number of nitrogens with zero attached hydrogens (tertiary/aromatic N) is 1. The minimum Gasteiger partial charge on any atom is -0.391 e. The van der Waals surface area contributed by atoms with Gasteiger partial charge in [-0.2, -0.15) is 0 Å². The molecular formula is C26H47NOS. The summed E-state index contributed by atoms with van der Waals surface area (Å²) in [4.78, 5) is 4.13. The van der Waals surface area contributed by atoms with Crippen LogP contribution in [0.3, 0.4) is 0 Å². The van der Waals surface area contributed by atoms with Gasteiger partial charge < -0.3 is 5.11 Å². The zero-order valence-electron chi connectivity index (χ0n) is 19.3. The maximum absolute atomic E-state index is 11.3. The third kappa shape index (κ3) is 7.67. The molecule has 0 radical (unpaired) electrons. The molecule has 3 heteroatoms. The molecule has 1 fully saturated rings. The number of thiophene rings is 1. The van der Waals surface area contributed by atoms with E-state index in [9.17, 15) is 5.11 Å². The number of aliphatic hydroxyl groups excluding tert-OH is 1. The molecule has 1 aromatic heterocycles. The lowest BCUT2D eigenvalue weighted by Gasteiger charge is -2.49. The van der Waals surface area contributed by atoms with Gasteiger partial charge in [0.25, 0.3) is 0 Å². The first-order chi connectivity index (χ1) is 14.3. The van der Waals surface area contributed by atoms with E-state index in [2.05, 4.69) is 36.3 Å². The first-order valence-electron chi connectivity index (χ1n) is 12.7. The van der Waals surface area contributed by atoms with Crippen molar-refractivity contribution in [1.82, 2.24) is 4.90 Å². The number of hydrogen-bond acceptors (Lipinski definition) is 3. The lowest BCUT2D eigenvalue weighted by atomic mass is 9.76. The number of aliphatic hydroxyl groups is 1. The predicted molar refractivity (Wildman–Crippen MR) is 129 cm³/mol. The number of hydrogen-bond donors (Lipinski definition) is 1. The lowest BCUT2D eigenvalue weighted by molar-refractivity contribution is -0.0644. The maximum Gasteiger partial charge on any atom is 0.0816 e. The van der Waals surface area contributed by atoms with Crippen LogP contribution in [0.15, 0.2) is 17.5 Å². The summed E-state index contributed by atoms with van der Waals surface area (Å²) in [5.41, 5.74) is -0.126. The molecule has 0 amide bonds. The molecule has 29 heavy (non-hydrogen) atoms. The Morgan fingerprint density at radius 2 is 1.48 bits per heavy atom. The molecule has 168 valence electrons. The van der Waals surface area contributed by atoms with E-state index in [0.717, 1.165) is 25.9 Å². The molecule has 2 rings (SSSR count). The van der Waals surface area contributed by atoms with Crippen LogP contribution >= 0.6 is 11.3 Å². The van der Waals surface area contributed by atoms with Crippen molar-refractivity contribution in [1.29, 1.82) is 0 Å². The molecule has 0 aromatic carbocycles. The average Bonchev–Trinajstić information content (AvgIpc) is 3.27. The van der Waals surface area contributed by atoms with Crippen LogP contribution in [0.4, 0.5) is 0 Å². The molecule has 1 N–H and O–H groups in total. The van der Waals surface area contributed by atoms with Gasteiger partial charge in [0.1, 0.15) is 0 Å². The van der Waals surface area contributed by atoms with Gasteiger partial charge in [0, 0.05) is 4.88 Å². The summed E-state index contributed by atoms with van der Waals surface area (Å²) >= 11 is 1.86. The summed E-state index contributed by atoms with van der Waals surface area (Å²) in [7, 11) is 0. The van der Waals surface area contributed by atoms with Gasteiger partial charge in [0.15, 0.2) is 0 Å². The minimum atomic E-state index is -0.213. The Kier molecular flexibility index (Phi) is 12.5. The summed E-state index contributed by atoms with van der Waals surface area (Å²) in [6.45, 7) is 6.88. The second kappa shape index (κ2) is 14.6. The largest absolute Gasteiger partial charge is 0.391 e. The SMILES string of the molecule is CCCCCCCCN(CCCCCCCC)C1(c2cccs2)CCCCC1O. The number of unbranched alkanes of at least 4 members (excludes halogenated alkanes) is 10. The molecular weight excluding hydrogens is 374 g/mol. The van der Waals surface area contributed by atoms with Crippen molar-refractivity contribution in [3.63, 3.8) is 0 Å². The van der Waals surface area contributed by atoms with Crippen molar-refractivity contribution in [2.45, 2.75) is 128 Å². The Balaban J connectivity index is 2.01. The fourth-order valence-corrected chi connectivity index (χ4v) is 6.18. The van der Waals surface area contributed by atoms with E-state index in [4.69, 9.17) is 0 Å². The normalized spacial score (nSPS) is 22.4. The molecule has 0 spiro atoms. The molecule has 2 unspecified atom stereocenters. The Morgan fingerprint density at radius 1 is 0.897 bits per heavy atom. The highest BCUT2D eigenvalue weighted by atomic mass is 32.1. The average molecular weight is 422 g/mol. The van der Waals surface area contributed by atoms with Crippen LogP contribution in [0.25, 0.3) is 0 Å². The first kappa shape index (κ1) is 24.9. The van der Waals surface area contributed by atoms with Gasteiger partial charge in [0.2, 0.25) is 0 Å². The van der Waals surface area contributed by atoms with Crippen LogP contribution < -0.4 is 0 Å². The van der Waals surface area contributed by atoms with E-state index in [0.29, 0.717) is 0 Å². The van der Waals surface area contributed by atoms with Crippen LogP contribution in [0.1, 0.15) is 121 Å². The molecule has 2 nitrogen and oxygen atoms in total. The Bertz CT molecular complexity index is 487. The summed E-state index contributed by atoms with van der Waals surface area (Å²) in [5, 5.41) is 13.5. The zero-order valence-corrected chi connectivity index (χ0v) is 20.2. The van der Waals surface area contributed by atoms with Crippen LogP contribution in [-0.2, 0) is 5.54 Å². The lowest BCUT2D eigenvalue weighted by Crippen LogP contribution is -2.56. The highest BCUT2D eigenvalue weighted by Crippen LogP contribution is 2.44. The third-order valence-corrected chi connectivity index (χ3v) is 7.95. The van der Waals surface area contributed by atoms with Crippen LogP contribution in [0.5, 0.6) is 0 Å². The van der Waals surface area contributed by atoms with E-state index >= 15 is 0 Å². The summed E-state index contributed by atoms with van der Waals surface area (Å²) < 4.78 is 0. The van der Waals surface area contributed by atoms with Crippen molar-refractivity contribution in [3.8, 4) is 0 Å². The van der Waals surface area contributed by atoms with E-state index < -0.39 is 0 Å². The molecule has 1 aliphatic rings. The van der Waals surface area contributed by atoms with E-state index in [1.54, 1.807) is 0 Å². The third-order valence-electron chi connectivity index (χ3n) is 6.91. The van der Waals surface area contributed by atoms with Crippen molar-refractivity contribution >= 4 is 11.3 Å². The minimum absolute atomic E-state index is 0.126. The Morgan fingerprint density at radius 3 is 2.00 bits per heavy atom. The van der Waals surface area contributed by atoms with Gasteiger partial charge >= 0.3 is 0 Å². The molecule has 1 aromatic rings. The highest BCUT2D eigenvalue weighted by Gasteiger charge is 2.46. The number of rotatable bonds is 16. The second-order valence-corrected chi connectivity index (χ2v) is 10.1. The molecule has 0 bridgehead atoms. The molecule has 2 atom stereocenters. The molecule has 1 heterocycles. The molecule has 0 aliphatic heterocycles. The quantitative estimate of drug-likeness (QED) is 0.274. The Labute approximate surface area is 185 Å². The monoisotopic (exact) mass is 421 g/mol. The second-order valence-electron chi connectivity index (χ2n) is 9.19. The Hall–Kier alpha value is -0.380. The molecule has 1 saturated carbocycles. The van der Waals surface area contributed by atoms with Crippen LogP contribution in [-0.4, -0.2) is 29.2 Å². The van der Waals surface area contributed by atoms with Crippen molar-refractivity contribution < 1.29 is 5.11 Å². The van der Waals surface area contributed by atoms with Gasteiger partial charge in [-0.3, -0.25) is 4.90 Å². The fraction of sp³-hybridized carbons (Fsp3) is 0.846. The first-order valence-corrected chi connectivity index (χ1v) is 13.6. The topological polar surface area (TPSA) is 23.5 Å². The smallest absolute Gasteiger partial charge is 0.0816 e. The van der Waals surface area contributed by atoms with Crippen LogP contribution in [0.2, 0.25) is 0 Å². The predicted octanol–water partition coefficient (Wildman–Crippen LogP) is 7.90. The van der Waals surface area contributed by atoms with Gasteiger partial charge in [-0.1, -0.05) is 97.0 Å². The van der Waals surface area contributed by atoms with E-state index in [-0.39, 0.29) is 11.6 Å². The summed E-state index contributed by atoms with van der Waals surface area (Å²) in [5.74, 6) is 0. The van der Waals surface area contributed by atoms with Crippen LogP contribution in [0, 0.1) is 0 Å². The van der Waals surface area contributed by atoms with Crippen molar-refractivity contribution in [2.75, 3.05) is 13.1 Å². The molecule has 1 aliphatic carbocycles. The standard InChI is InChI=1S/C26H47NOS/c1-3-5-7-9-11-15-21-27(22-16-12-10-8-6-4-2)26(25-19-17-23-29-25)20-14-13-18-24(26)28/h17,19,23-24,28H,3-16,18,20-22H2,1-2H3. The zero-order chi connectivity index (χ0) is 20.8.